The van der Waals surface area contributed by atoms with Crippen LogP contribution in [0.25, 0.3) is 22.1 Å². The maximum atomic E-state index is 12.8. The molecule has 0 radical (unpaired) electrons. The van der Waals surface area contributed by atoms with Gasteiger partial charge < -0.3 is 14.6 Å². The second kappa shape index (κ2) is 7.22. The van der Waals surface area contributed by atoms with Gasteiger partial charge in [-0.2, -0.15) is 0 Å². The molecule has 4 rings (SSSR count). The number of hydrogen-bond acceptors (Lipinski definition) is 4. The molecule has 1 aliphatic carbocycles. The number of phenols is 1. The van der Waals surface area contributed by atoms with Crippen LogP contribution in [0.3, 0.4) is 0 Å². The Morgan fingerprint density at radius 1 is 0.906 bits per heavy atom. The summed E-state index contributed by atoms with van der Waals surface area (Å²) < 4.78 is 5.47. The number of aryl methyl sites for hydroxylation is 2. The van der Waals surface area contributed by atoms with Crippen LogP contribution in [0.4, 0.5) is 0 Å². The van der Waals surface area contributed by atoms with E-state index in [9.17, 15) is 19.8 Å². The van der Waals surface area contributed by atoms with Crippen molar-refractivity contribution in [2.45, 2.75) is 71.6 Å². The number of carboxylic acid groups (broad SMARTS) is 1. The van der Waals surface area contributed by atoms with Crippen LogP contribution in [0.2, 0.25) is 0 Å². The van der Waals surface area contributed by atoms with E-state index in [1.165, 1.54) is 0 Å². The molecular formula is C27H30O5. The summed E-state index contributed by atoms with van der Waals surface area (Å²) in [7, 11) is 0. The number of carbonyl (C=O) groups is 1. The lowest BCUT2D eigenvalue weighted by molar-refractivity contribution is 0.0693. The van der Waals surface area contributed by atoms with E-state index < -0.39 is 11.6 Å². The van der Waals surface area contributed by atoms with Crippen molar-refractivity contribution in [2.75, 3.05) is 0 Å². The van der Waals surface area contributed by atoms with Crippen LogP contribution >= 0.6 is 0 Å². The number of aromatic hydroxyl groups is 1. The number of benzene rings is 2. The summed E-state index contributed by atoms with van der Waals surface area (Å²) in [6.07, 6.45) is 2.87. The Bertz CT molecular complexity index is 1280. The van der Waals surface area contributed by atoms with Gasteiger partial charge in [0.25, 0.3) is 0 Å². The Morgan fingerprint density at radius 2 is 1.44 bits per heavy atom. The van der Waals surface area contributed by atoms with Gasteiger partial charge in [-0.1, -0.05) is 41.5 Å². The molecule has 3 aromatic rings. The number of fused-ring (bicyclic) bond motifs is 2. The van der Waals surface area contributed by atoms with Crippen molar-refractivity contribution in [3.05, 3.63) is 62.5 Å². The molecule has 0 fully saturated rings. The third kappa shape index (κ3) is 3.60. The first-order valence-corrected chi connectivity index (χ1v) is 11.0. The fourth-order valence-electron chi connectivity index (χ4n) is 4.69. The van der Waals surface area contributed by atoms with Crippen molar-refractivity contribution in [3.8, 4) is 16.9 Å². The SMILES string of the molecule is CC(C)(C)c1cc(-c2c(C(=O)O)c(=O)oc3cc4c(cc23)CCC4)cc(C(C)(C)C)c1O. The quantitative estimate of drug-likeness (QED) is 0.487. The summed E-state index contributed by atoms with van der Waals surface area (Å²) in [5.41, 5.74) is 3.07. The van der Waals surface area contributed by atoms with Crippen molar-refractivity contribution in [1.29, 1.82) is 0 Å². The number of phenolic OH excluding ortho intramolecular Hbond substituents is 1. The Morgan fingerprint density at radius 3 is 1.94 bits per heavy atom. The van der Waals surface area contributed by atoms with E-state index in [2.05, 4.69) is 0 Å². The second-order valence-electron chi connectivity index (χ2n) is 10.8. The van der Waals surface area contributed by atoms with E-state index in [1.54, 1.807) is 0 Å². The first-order valence-electron chi connectivity index (χ1n) is 11.0. The zero-order chi connectivity index (χ0) is 23.6. The largest absolute Gasteiger partial charge is 0.507 e. The van der Waals surface area contributed by atoms with Gasteiger partial charge in [0.15, 0.2) is 5.56 Å². The molecule has 1 heterocycles. The molecule has 0 saturated carbocycles. The minimum absolute atomic E-state index is 0.207. The molecule has 168 valence electrons. The highest BCUT2D eigenvalue weighted by Crippen LogP contribution is 2.44. The minimum Gasteiger partial charge on any atom is -0.507 e. The molecule has 2 N–H and O–H groups in total. The molecule has 0 saturated heterocycles. The molecule has 0 bridgehead atoms. The Labute approximate surface area is 187 Å². The van der Waals surface area contributed by atoms with E-state index in [-0.39, 0.29) is 22.1 Å². The Hall–Kier alpha value is -3.08. The molecule has 0 atom stereocenters. The van der Waals surface area contributed by atoms with Crippen molar-refractivity contribution >= 4 is 16.9 Å². The summed E-state index contributed by atoms with van der Waals surface area (Å²) in [5, 5.41) is 21.7. The molecule has 0 spiro atoms. The van der Waals surface area contributed by atoms with Gasteiger partial charge in [-0.3, -0.25) is 0 Å². The van der Waals surface area contributed by atoms with Gasteiger partial charge >= 0.3 is 11.6 Å². The van der Waals surface area contributed by atoms with Crippen LogP contribution in [-0.4, -0.2) is 16.2 Å². The molecule has 0 amide bonds. The Kier molecular flexibility index (Phi) is 5.00. The van der Waals surface area contributed by atoms with Crippen molar-refractivity contribution in [2.24, 2.45) is 0 Å². The molecule has 5 heteroatoms. The Balaban J connectivity index is 2.19. The lowest BCUT2D eigenvalue weighted by Gasteiger charge is -2.28. The van der Waals surface area contributed by atoms with Crippen molar-refractivity contribution < 1.29 is 19.4 Å². The average Bonchev–Trinajstić information content (AvgIpc) is 3.10. The predicted molar refractivity (Wildman–Crippen MR) is 126 cm³/mol. The van der Waals surface area contributed by atoms with E-state index in [0.29, 0.717) is 33.2 Å². The van der Waals surface area contributed by atoms with Gasteiger partial charge in [0.1, 0.15) is 11.3 Å². The van der Waals surface area contributed by atoms with Gasteiger partial charge in [0.05, 0.1) is 0 Å². The molecule has 0 aliphatic heterocycles. The molecule has 0 unspecified atom stereocenters. The highest BCUT2D eigenvalue weighted by molar-refractivity contribution is 6.06. The fourth-order valence-corrected chi connectivity index (χ4v) is 4.69. The number of hydrogen-bond donors (Lipinski definition) is 2. The maximum absolute atomic E-state index is 12.8. The van der Waals surface area contributed by atoms with Gasteiger partial charge in [0, 0.05) is 22.1 Å². The zero-order valence-corrected chi connectivity index (χ0v) is 19.5. The summed E-state index contributed by atoms with van der Waals surface area (Å²) >= 11 is 0. The van der Waals surface area contributed by atoms with Crippen LogP contribution in [0.5, 0.6) is 5.75 Å². The third-order valence-electron chi connectivity index (χ3n) is 6.35. The lowest BCUT2D eigenvalue weighted by Crippen LogP contribution is -2.19. The van der Waals surface area contributed by atoms with Crippen LogP contribution in [0, 0.1) is 0 Å². The molecular weight excluding hydrogens is 404 g/mol. The molecule has 1 aliphatic rings. The van der Waals surface area contributed by atoms with Crippen molar-refractivity contribution in [1.82, 2.24) is 0 Å². The van der Waals surface area contributed by atoms with Crippen LogP contribution in [0.1, 0.15) is 80.6 Å². The van der Waals surface area contributed by atoms with Gasteiger partial charge in [0.2, 0.25) is 0 Å². The summed E-state index contributed by atoms with van der Waals surface area (Å²) in [4.78, 5) is 25.0. The molecule has 5 nitrogen and oxygen atoms in total. The topological polar surface area (TPSA) is 87.7 Å². The maximum Gasteiger partial charge on any atom is 0.351 e. The predicted octanol–water partition coefficient (Wildman–Crippen LogP) is 5.95. The average molecular weight is 435 g/mol. The van der Waals surface area contributed by atoms with Gasteiger partial charge in [-0.05, 0) is 71.0 Å². The normalized spacial score (nSPS) is 14.1. The first kappa shape index (κ1) is 22.1. The lowest BCUT2D eigenvalue weighted by atomic mass is 9.77. The number of rotatable bonds is 2. The van der Waals surface area contributed by atoms with E-state index in [4.69, 9.17) is 4.42 Å². The standard InChI is InChI=1S/C27H30O5/c1-26(2,3)18-11-16(12-19(23(18)28)27(4,5)6)21-17-10-14-8-7-9-15(14)13-20(17)32-25(31)22(21)24(29)30/h10-13,28H,7-9H2,1-6H3,(H,29,30). The summed E-state index contributed by atoms with van der Waals surface area (Å²) in [6, 6.07) is 7.49. The van der Waals surface area contributed by atoms with Crippen LogP contribution < -0.4 is 5.63 Å². The van der Waals surface area contributed by atoms with Gasteiger partial charge in [-0.15, -0.1) is 0 Å². The fraction of sp³-hybridized carbons (Fsp3) is 0.407. The van der Waals surface area contributed by atoms with E-state index in [1.807, 2.05) is 65.8 Å². The minimum atomic E-state index is -1.32. The number of aromatic carboxylic acids is 1. The smallest absolute Gasteiger partial charge is 0.351 e. The second-order valence-corrected chi connectivity index (χ2v) is 10.8. The molecule has 32 heavy (non-hydrogen) atoms. The summed E-state index contributed by atoms with van der Waals surface area (Å²) in [5.74, 6) is -1.11. The highest BCUT2D eigenvalue weighted by Gasteiger charge is 2.30. The highest BCUT2D eigenvalue weighted by atomic mass is 16.4. The van der Waals surface area contributed by atoms with Crippen LogP contribution in [-0.2, 0) is 23.7 Å². The summed E-state index contributed by atoms with van der Waals surface area (Å²) in [6.45, 7) is 12.0. The van der Waals surface area contributed by atoms with Crippen LogP contribution in [0.15, 0.2) is 33.5 Å². The number of carboxylic acids is 1. The van der Waals surface area contributed by atoms with E-state index >= 15 is 0 Å². The third-order valence-corrected chi connectivity index (χ3v) is 6.35. The van der Waals surface area contributed by atoms with E-state index in [0.717, 1.165) is 30.4 Å². The van der Waals surface area contributed by atoms with Gasteiger partial charge in [-0.25, -0.2) is 9.59 Å². The molecule has 2 aromatic carbocycles. The molecule has 1 aromatic heterocycles. The van der Waals surface area contributed by atoms with Crippen molar-refractivity contribution in [3.63, 3.8) is 0 Å². The zero-order valence-electron chi connectivity index (χ0n) is 19.5. The monoisotopic (exact) mass is 434 g/mol. The first-order chi connectivity index (χ1) is 14.8.